The third-order valence-electron chi connectivity index (χ3n) is 2.96. The fourth-order valence-corrected chi connectivity index (χ4v) is 2.03. The average molecular weight is 205 g/mol. The molecule has 0 spiro atoms. The predicted octanol–water partition coefficient (Wildman–Crippen LogP) is 3.61. The lowest BCUT2D eigenvalue weighted by Gasteiger charge is -2.18. The summed E-state index contributed by atoms with van der Waals surface area (Å²) in [5.41, 5.74) is 8.31. The molecule has 2 heteroatoms. The molecule has 0 amide bonds. The summed E-state index contributed by atoms with van der Waals surface area (Å²) in [7, 11) is 0. The Bertz CT molecular complexity index is 375. The Balaban J connectivity index is 2.29. The zero-order chi connectivity index (χ0) is 10.8. The van der Waals surface area contributed by atoms with Crippen LogP contribution >= 0.6 is 0 Å². The third-order valence-corrected chi connectivity index (χ3v) is 2.96. The van der Waals surface area contributed by atoms with Gasteiger partial charge in [-0.15, -0.1) is 0 Å². The van der Waals surface area contributed by atoms with E-state index in [0.29, 0.717) is 5.69 Å². The van der Waals surface area contributed by atoms with Gasteiger partial charge in [-0.25, -0.2) is 4.39 Å². The van der Waals surface area contributed by atoms with Crippen molar-refractivity contribution in [3.63, 3.8) is 0 Å². The monoisotopic (exact) mass is 205 g/mol. The van der Waals surface area contributed by atoms with Gasteiger partial charge < -0.3 is 5.73 Å². The topological polar surface area (TPSA) is 26.0 Å². The minimum absolute atomic E-state index is 0.246. The van der Waals surface area contributed by atoms with Crippen LogP contribution in [0.3, 0.4) is 0 Å². The molecule has 1 atom stereocenters. The number of halogens is 1. The Kier molecular flexibility index (Phi) is 2.76. The van der Waals surface area contributed by atoms with E-state index in [1.165, 1.54) is 18.1 Å². The molecule has 2 rings (SSSR count). The molecule has 0 bridgehead atoms. The molecule has 0 saturated heterocycles. The molecule has 1 aromatic rings. The number of hydrogen-bond donors (Lipinski definition) is 1. The number of nitrogen functional groups attached to an aromatic ring is 1. The zero-order valence-electron chi connectivity index (χ0n) is 8.96. The summed E-state index contributed by atoms with van der Waals surface area (Å²) < 4.78 is 13.2. The Morgan fingerprint density at radius 2 is 2.13 bits per heavy atom. The highest BCUT2D eigenvalue weighted by Crippen LogP contribution is 2.30. The molecule has 1 aliphatic carbocycles. The fourth-order valence-electron chi connectivity index (χ4n) is 2.03. The Labute approximate surface area is 89.8 Å². The van der Waals surface area contributed by atoms with Crippen molar-refractivity contribution in [1.29, 1.82) is 0 Å². The van der Waals surface area contributed by atoms with Crippen molar-refractivity contribution in [2.75, 3.05) is 5.73 Å². The second kappa shape index (κ2) is 4.05. The Hall–Kier alpha value is -1.31. The van der Waals surface area contributed by atoms with E-state index in [9.17, 15) is 4.39 Å². The van der Waals surface area contributed by atoms with Crippen LogP contribution in [0.1, 0.15) is 31.7 Å². The lowest BCUT2D eigenvalue weighted by Crippen LogP contribution is -2.01. The number of rotatable bonds is 1. The van der Waals surface area contributed by atoms with E-state index in [2.05, 4.69) is 13.0 Å². The van der Waals surface area contributed by atoms with Crippen LogP contribution in [0.5, 0.6) is 0 Å². The minimum atomic E-state index is -0.246. The standard InChI is InChI=1S/C13H16FN/c1-9-2-4-10(5-3-9)11-6-12(14)8-13(15)7-11/h4,6-9H,2-3,5,15H2,1H3. The van der Waals surface area contributed by atoms with E-state index >= 15 is 0 Å². The first kappa shape index (κ1) is 10.2. The first-order valence-corrected chi connectivity index (χ1v) is 5.40. The van der Waals surface area contributed by atoms with Gasteiger partial charge in [0.2, 0.25) is 0 Å². The van der Waals surface area contributed by atoms with Gasteiger partial charge in [0.25, 0.3) is 0 Å². The molecule has 0 fully saturated rings. The van der Waals surface area contributed by atoms with Gasteiger partial charge in [0.05, 0.1) is 0 Å². The van der Waals surface area contributed by atoms with E-state index in [1.807, 2.05) is 6.07 Å². The first-order valence-electron chi connectivity index (χ1n) is 5.40. The van der Waals surface area contributed by atoms with Gasteiger partial charge in [-0.3, -0.25) is 0 Å². The van der Waals surface area contributed by atoms with Crippen molar-refractivity contribution in [2.45, 2.75) is 26.2 Å². The highest BCUT2D eigenvalue weighted by atomic mass is 19.1. The molecule has 0 aromatic heterocycles. The molecule has 0 heterocycles. The zero-order valence-corrected chi connectivity index (χ0v) is 8.96. The van der Waals surface area contributed by atoms with E-state index in [-0.39, 0.29) is 5.82 Å². The molecular formula is C13H16FN. The summed E-state index contributed by atoms with van der Waals surface area (Å²) in [5.74, 6) is 0.504. The van der Waals surface area contributed by atoms with Gasteiger partial charge in [0.15, 0.2) is 0 Å². The van der Waals surface area contributed by atoms with Crippen molar-refractivity contribution in [3.8, 4) is 0 Å². The molecule has 0 saturated carbocycles. The predicted molar refractivity (Wildman–Crippen MR) is 61.8 cm³/mol. The van der Waals surface area contributed by atoms with Crippen LogP contribution < -0.4 is 5.73 Å². The second-order valence-electron chi connectivity index (χ2n) is 4.38. The van der Waals surface area contributed by atoms with Gasteiger partial charge >= 0.3 is 0 Å². The lowest BCUT2D eigenvalue weighted by molar-refractivity contribution is 0.533. The molecule has 1 unspecified atom stereocenters. The quantitative estimate of drug-likeness (QED) is 0.696. The number of hydrogen-bond acceptors (Lipinski definition) is 1. The SMILES string of the molecule is CC1CC=C(c2cc(N)cc(F)c2)CC1. The van der Waals surface area contributed by atoms with Crippen LogP contribution in [0.4, 0.5) is 10.1 Å². The highest BCUT2D eigenvalue weighted by molar-refractivity contribution is 5.68. The molecule has 1 aromatic carbocycles. The summed E-state index contributed by atoms with van der Waals surface area (Å²) in [6, 6.07) is 4.78. The molecular weight excluding hydrogens is 189 g/mol. The van der Waals surface area contributed by atoms with Gasteiger partial charge in [-0.1, -0.05) is 13.0 Å². The maximum atomic E-state index is 13.2. The average Bonchev–Trinajstić information content (AvgIpc) is 2.17. The molecule has 2 N–H and O–H groups in total. The van der Waals surface area contributed by atoms with E-state index < -0.39 is 0 Å². The van der Waals surface area contributed by atoms with Crippen LogP contribution in [0.2, 0.25) is 0 Å². The summed E-state index contributed by atoms with van der Waals surface area (Å²) >= 11 is 0. The molecule has 15 heavy (non-hydrogen) atoms. The fraction of sp³-hybridized carbons (Fsp3) is 0.385. The largest absolute Gasteiger partial charge is 0.399 e. The number of anilines is 1. The van der Waals surface area contributed by atoms with E-state index in [0.717, 1.165) is 24.3 Å². The molecule has 1 nitrogen and oxygen atoms in total. The molecule has 80 valence electrons. The van der Waals surface area contributed by atoms with Crippen LogP contribution in [-0.2, 0) is 0 Å². The maximum absolute atomic E-state index is 13.2. The van der Waals surface area contributed by atoms with Gasteiger partial charge in [0, 0.05) is 5.69 Å². The number of benzene rings is 1. The van der Waals surface area contributed by atoms with Crippen LogP contribution in [0.15, 0.2) is 24.3 Å². The minimum Gasteiger partial charge on any atom is -0.399 e. The van der Waals surface area contributed by atoms with Crippen molar-refractivity contribution in [3.05, 3.63) is 35.7 Å². The lowest BCUT2D eigenvalue weighted by atomic mass is 9.87. The van der Waals surface area contributed by atoms with Crippen LogP contribution in [-0.4, -0.2) is 0 Å². The Morgan fingerprint density at radius 3 is 2.73 bits per heavy atom. The van der Waals surface area contributed by atoms with E-state index in [4.69, 9.17) is 5.73 Å². The number of allylic oxidation sites excluding steroid dienone is 2. The van der Waals surface area contributed by atoms with Crippen LogP contribution in [0, 0.1) is 11.7 Å². The summed E-state index contributed by atoms with van der Waals surface area (Å²) in [5, 5.41) is 0. The normalized spacial score (nSPS) is 21.2. The highest BCUT2D eigenvalue weighted by Gasteiger charge is 2.12. The third kappa shape index (κ3) is 2.38. The summed E-state index contributed by atoms with van der Waals surface area (Å²) in [6.45, 7) is 2.24. The van der Waals surface area contributed by atoms with E-state index in [1.54, 1.807) is 6.07 Å². The molecule has 0 radical (unpaired) electrons. The van der Waals surface area contributed by atoms with Crippen molar-refractivity contribution < 1.29 is 4.39 Å². The van der Waals surface area contributed by atoms with Gasteiger partial charge in [0.1, 0.15) is 5.82 Å². The number of nitrogens with two attached hydrogens (primary N) is 1. The van der Waals surface area contributed by atoms with Gasteiger partial charge in [-0.05, 0) is 54.5 Å². The summed E-state index contributed by atoms with van der Waals surface area (Å²) in [6.07, 6.45) is 5.51. The first-order chi connectivity index (χ1) is 7.15. The molecule has 0 aliphatic heterocycles. The van der Waals surface area contributed by atoms with Gasteiger partial charge in [-0.2, -0.15) is 0 Å². The van der Waals surface area contributed by atoms with Crippen molar-refractivity contribution >= 4 is 11.3 Å². The van der Waals surface area contributed by atoms with Crippen molar-refractivity contribution in [1.82, 2.24) is 0 Å². The Morgan fingerprint density at radius 1 is 1.33 bits per heavy atom. The maximum Gasteiger partial charge on any atom is 0.125 e. The van der Waals surface area contributed by atoms with Crippen molar-refractivity contribution in [2.24, 2.45) is 5.92 Å². The summed E-state index contributed by atoms with van der Waals surface area (Å²) in [4.78, 5) is 0. The smallest absolute Gasteiger partial charge is 0.125 e. The van der Waals surface area contributed by atoms with Crippen LogP contribution in [0.25, 0.3) is 5.57 Å². The molecule has 1 aliphatic rings. The second-order valence-corrected chi connectivity index (χ2v) is 4.38.